The number of amides is 2. The molecular formula is C26H29FN4O4. The number of halogens is 1. The van der Waals surface area contributed by atoms with Crippen LogP contribution < -0.4 is 21.8 Å². The minimum absolute atomic E-state index is 0.185. The van der Waals surface area contributed by atoms with Crippen LogP contribution in [0.1, 0.15) is 50.0 Å². The summed E-state index contributed by atoms with van der Waals surface area (Å²) in [6.07, 6.45) is 3.06. The Balaban J connectivity index is 1.65. The maximum absolute atomic E-state index is 15.0. The zero-order valence-corrected chi connectivity index (χ0v) is 20.0. The van der Waals surface area contributed by atoms with Gasteiger partial charge in [0.15, 0.2) is 5.43 Å². The molecule has 0 saturated heterocycles. The lowest BCUT2D eigenvalue weighted by molar-refractivity contribution is 0.0530. The zero-order valence-electron chi connectivity index (χ0n) is 20.0. The lowest BCUT2D eigenvalue weighted by Gasteiger charge is -2.20. The quantitative estimate of drug-likeness (QED) is 0.439. The Kier molecular flexibility index (Phi) is 6.51. The number of fused-ring (bicyclic) bond motifs is 1. The molecule has 184 valence electrons. The highest BCUT2D eigenvalue weighted by molar-refractivity contribution is 6.00. The van der Waals surface area contributed by atoms with Crippen LogP contribution in [0.15, 0.2) is 47.4 Å². The Bertz CT molecular complexity index is 1360. The molecule has 4 N–H and O–H groups in total. The number of nitrogens with two attached hydrogens (primary N) is 1. The summed E-state index contributed by atoms with van der Waals surface area (Å²) >= 11 is 0. The number of nitrogens with zero attached hydrogens (tertiary/aromatic N) is 1. The Morgan fingerprint density at radius 2 is 1.86 bits per heavy atom. The van der Waals surface area contributed by atoms with E-state index in [0.29, 0.717) is 16.6 Å². The summed E-state index contributed by atoms with van der Waals surface area (Å²) < 4.78 is 22.2. The number of aromatic nitrogens is 1. The first kappa shape index (κ1) is 24.3. The third kappa shape index (κ3) is 5.45. The molecule has 2 amide bonds. The molecule has 1 fully saturated rings. The monoisotopic (exact) mass is 480 g/mol. The third-order valence-corrected chi connectivity index (χ3v) is 5.65. The van der Waals surface area contributed by atoms with Crippen molar-refractivity contribution >= 4 is 28.6 Å². The lowest BCUT2D eigenvalue weighted by Crippen LogP contribution is -2.35. The number of carbonyl (C=O) groups is 2. The Labute approximate surface area is 202 Å². The van der Waals surface area contributed by atoms with Crippen molar-refractivity contribution < 1.29 is 18.7 Å². The number of carbonyl (C=O) groups excluding carboxylic acids is 2. The van der Waals surface area contributed by atoms with Crippen molar-refractivity contribution in [3.05, 3.63) is 64.2 Å². The van der Waals surface area contributed by atoms with Gasteiger partial charge in [-0.15, -0.1) is 0 Å². The van der Waals surface area contributed by atoms with Gasteiger partial charge in [-0.05, 0) is 57.4 Å². The second kappa shape index (κ2) is 9.40. The van der Waals surface area contributed by atoms with Gasteiger partial charge in [-0.25, -0.2) is 9.18 Å². The first-order chi connectivity index (χ1) is 16.5. The summed E-state index contributed by atoms with van der Waals surface area (Å²) in [5, 5.41) is 5.82. The van der Waals surface area contributed by atoms with Crippen molar-refractivity contribution in [2.45, 2.75) is 45.3 Å². The van der Waals surface area contributed by atoms with Crippen molar-refractivity contribution in [2.24, 2.45) is 5.73 Å². The van der Waals surface area contributed by atoms with Crippen LogP contribution in [0.25, 0.3) is 22.0 Å². The highest BCUT2D eigenvalue weighted by Crippen LogP contribution is 2.39. The van der Waals surface area contributed by atoms with E-state index >= 15 is 4.39 Å². The summed E-state index contributed by atoms with van der Waals surface area (Å²) in [7, 11) is 0. The summed E-state index contributed by atoms with van der Waals surface area (Å²) in [6.45, 7) is 5.80. The second-order valence-corrected chi connectivity index (χ2v) is 9.62. The van der Waals surface area contributed by atoms with Crippen LogP contribution in [0, 0.1) is 5.82 Å². The third-order valence-electron chi connectivity index (χ3n) is 5.65. The van der Waals surface area contributed by atoms with Gasteiger partial charge < -0.3 is 25.7 Å². The normalized spacial score (nSPS) is 13.5. The Morgan fingerprint density at radius 1 is 1.14 bits per heavy atom. The predicted molar refractivity (Wildman–Crippen MR) is 133 cm³/mol. The molecule has 35 heavy (non-hydrogen) atoms. The van der Waals surface area contributed by atoms with Gasteiger partial charge in [0.05, 0.1) is 11.2 Å². The fourth-order valence-electron chi connectivity index (χ4n) is 3.96. The van der Waals surface area contributed by atoms with Crippen molar-refractivity contribution in [3.8, 4) is 11.1 Å². The molecule has 1 aromatic heterocycles. The summed E-state index contributed by atoms with van der Waals surface area (Å²) in [5.74, 6) is -1.22. The van der Waals surface area contributed by atoms with Crippen LogP contribution in [0.5, 0.6) is 0 Å². The Morgan fingerprint density at radius 3 is 2.51 bits per heavy atom. The van der Waals surface area contributed by atoms with E-state index in [9.17, 15) is 14.4 Å². The van der Waals surface area contributed by atoms with Gasteiger partial charge >= 0.3 is 6.09 Å². The van der Waals surface area contributed by atoms with Crippen LogP contribution in [0.3, 0.4) is 0 Å². The topological polar surface area (TPSA) is 115 Å². The maximum Gasteiger partial charge on any atom is 0.407 e. The van der Waals surface area contributed by atoms with E-state index in [0.717, 1.165) is 12.8 Å². The number of ether oxygens (including phenoxy) is 1. The van der Waals surface area contributed by atoms with Crippen LogP contribution in [0.2, 0.25) is 0 Å². The number of pyridine rings is 1. The van der Waals surface area contributed by atoms with Crippen molar-refractivity contribution in [1.29, 1.82) is 0 Å². The second-order valence-electron chi connectivity index (χ2n) is 9.62. The van der Waals surface area contributed by atoms with Crippen LogP contribution >= 0.6 is 0 Å². The standard InChI is InChI=1S/C26H29FN4O4/c1-26(2,3)35-25(34)30-11-10-29-21-13-22-18(12-20(21)27)23(32)19(14-31(22)15-8-9-15)16-6-4-5-7-17(16)24(28)33/h4-7,12-15,29H,8-11H2,1-3H3,(H2,28,33)(H,30,34). The van der Waals surface area contributed by atoms with Crippen LogP contribution in [0.4, 0.5) is 14.9 Å². The van der Waals surface area contributed by atoms with Gasteiger partial charge in [-0.3, -0.25) is 9.59 Å². The number of nitrogens with one attached hydrogen (secondary N) is 2. The fraction of sp³-hybridized carbons (Fsp3) is 0.346. The van der Waals surface area contributed by atoms with Gasteiger partial charge in [0.2, 0.25) is 5.91 Å². The largest absolute Gasteiger partial charge is 0.444 e. The highest BCUT2D eigenvalue weighted by Gasteiger charge is 2.27. The van der Waals surface area contributed by atoms with E-state index in [1.807, 2.05) is 4.57 Å². The number of rotatable bonds is 7. The molecule has 1 aliphatic rings. The molecule has 0 radical (unpaired) electrons. The number of benzene rings is 2. The molecule has 9 heteroatoms. The first-order valence-corrected chi connectivity index (χ1v) is 11.5. The van der Waals surface area contributed by atoms with E-state index < -0.39 is 23.4 Å². The van der Waals surface area contributed by atoms with E-state index in [4.69, 9.17) is 10.5 Å². The molecule has 1 saturated carbocycles. The van der Waals surface area contributed by atoms with Crippen LogP contribution in [-0.4, -0.2) is 35.3 Å². The highest BCUT2D eigenvalue weighted by atomic mass is 19.1. The number of alkyl carbamates (subject to hydrolysis) is 1. The summed E-state index contributed by atoms with van der Waals surface area (Å²) in [5.41, 5.74) is 6.34. The van der Waals surface area contributed by atoms with E-state index in [1.165, 1.54) is 6.07 Å². The summed E-state index contributed by atoms with van der Waals surface area (Å²) in [4.78, 5) is 37.1. The zero-order chi connectivity index (χ0) is 25.3. The molecule has 2 aromatic carbocycles. The minimum Gasteiger partial charge on any atom is -0.444 e. The molecule has 4 rings (SSSR count). The lowest BCUT2D eigenvalue weighted by atomic mass is 9.98. The predicted octanol–water partition coefficient (Wildman–Crippen LogP) is 4.18. The van der Waals surface area contributed by atoms with Gasteiger partial charge in [0, 0.05) is 41.8 Å². The molecular weight excluding hydrogens is 451 g/mol. The van der Waals surface area contributed by atoms with E-state index in [-0.39, 0.29) is 41.2 Å². The van der Waals surface area contributed by atoms with Gasteiger partial charge in [0.25, 0.3) is 0 Å². The van der Waals surface area contributed by atoms with Gasteiger partial charge in [-0.1, -0.05) is 18.2 Å². The number of hydrogen-bond acceptors (Lipinski definition) is 5. The van der Waals surface area contributed by atoms with Crippen molar-refractivity contribution in [1.82, 2.24) is 9.88 Å². The van der Waals surface area contributed by atoms with Gasteiger partial charge in [0.1, 0.15) is 11.4 Å². The molecule has 1 heterocycles. The van der Waals surface area contributed by atoms with Crippen LogP contribution in [-0.2, 0) is 4.74 Å². The first-order valence-electron chi connectivity index (χ1n) is 11.5. The maximum atomic E-state index is 15.0. The van der Waals surface area contributed by atoms with E-state index in [2.05, 4.69) is 10.6 Å². The number of hydrogen-bond donors (Lipinski definition) is 3. The average Bonchev–Trinajstić information content (AvgIpc) is 3.62. The molecule has 8 nitrogen and oxygen atoms in total. The Hall–Kier alpha value is -3.88. The molecule has 0 unspecified atom stereocenters. The van der Waals surface area contributed by atoms with E-state index in [1.54, 1.807) is 57.3 Å². The smallest absolute Gasteiger partial charge is 0.407 e. The minimum atomic E-state index is -0.635. The van der Waals surface area contributed by atoms with Crippen molar-refractivity contribution in [3.63, 3.8) is 0 Å². The average molecular weight is 481 g/mol. The molecule has 0 aliphatic heterocycles. The molecule has 3 aromatic rings. The number of anilines is 1. The molecule has 0 atom stereocenters. The fourth-order valence-corrected chi connectivity index (χ4v) is 3.96. The number of primary amides is 1. The van der Waals surface area contributed by atoms with Gasteiger partial charge in [-0.2, -0.15) is 0 Å². The molecule has 0 bridgehead atoms. The van der Waals surface area contributed by atoms with Crippen molar-refractivity contribution in [2.75, 3.05) is 18.4 Å². The molecule has 0 spiro atoms. The molecule has 1 aliphatic carbocycles. The summed E-state index contributed by atoms with van der Waals surface area (Å²) in [6, 6.07) is 9.67. The SMILES string of the molecule is CC(C)(C)OC(=O)NCCNc1cc2c(cc1F)c(=O)c(-c1ccccc1C(N)=O)cn2C1CC1.